The van der Waals surface area contributed by atoms with Gasteiger partial charge in [0.1, 0.15) is 23.6 Å². The molecule has 10 nitrogen and oxygen atoms in total. The summed E-state index contributed by atoms with van der Waals surface area (Å²) in [5.74, 6) is -0.706. The number of ether oxygens (including phenoxy) is 1. The monoisotopic (exact) mass is 551 g/mol. The maximum Gasteiger partial charge on any atom is 0.275 e. The minimum Gasteiger partial charge on any atom is -0.489 e. The largest absolute Gasteiger partial charge is 0.489 e. The number of carbonyl (C=O) groups is 3. The van der Waals surface area contributed by atoms with E-state index < -0.39 is 11.6 Å². The Balaban J connectivity index is 1.35. The van der Waals surface area contributed by atoms with Gasteiger partial charge in [0.05, 0.1) is 17.8 Å². The first-order chi connectivity index (χ1) is 18.5. The quantitative estimate of drug-likeness (QED) is 0.486. The number of amides is 3. The lowest BCUT2D eigenvalue weighted by molar-refractivity contribution is -0.123. The standard InChI is InChI=1S/C28H30ClN5O5/c1-28(2,38)16-30-25(35)18-9-10-20-22(13-18)39-15-21(26(36)32(20)3)33-12-11-19-23(27(33)37)31-34(24(19)29)14-17-7-5-4-6-8-17/h4-10,13,21,38H,11-12,14-16H2,1-3H3,(H,30,35)/t21-/m0/s1. The highest BCUT2D eigenvalue weighted by atomic mass is 35.5. The van der Waals surface area contributed by atoms with Gasteiger partial charge in [0.2, 0.25) is 0 Å². The zero-order chi connectivity index (χ0) is 27.9. The smallest absolute Gasteiger partial charge is 0.275 e. The van der Waals surface area contributed by atoms with E-state index in [0.29, 0.717) is 40.7 Å². The second-order valence-electron chi connectivity index (χ2n) is 10.4. The van der Waals surface area contributed by atoms with Crippen LogP contribution >= 0.6 is 11.6 Å². The van der Waals surface area contributed by atoms with Gasteiger partial charge in [-0.3, -0.25) is 14.4 Å². The SMILES string of the molecule is CN1C(=O)[C@@H](N2CCc3c(nn(Cc4ccccc4)c3Cl)C2=O)COc2cc(C(=O)NCC(C)(C)O)ccc21. The summed E-state index contributed by atoms with van der Waals surface area (Å²) in [6.07, 6.45) is 0.459. The molecule has 1 aromatic heterocycles. The van der Waals surface area contributed by atoms with Crippen LogP contribution < -0.4 is 15.0 Å². The van der Waals surface area contributed by atoms with E-state index in [9.17, 15) is 19.5 Å². The summed E-state index contributed by atoms with van der Waals surface area (Å²) in [5.41, 5.74) is 1.68. The average Bonchev–Trinajstić information content (AvgIpc) is 3.17. The van der Waals surface area contributed by atoms with Crippen molar-refractivity contribution in [2.24, 2.45) is 0 Å². The molecule has 3 amide bonds. The van der Waals surface area contributed by atoms with Gasteiger partial charge in [0.25, 0.3) is 17.7 Å². The highest BCUT2D eigenvalue weighted by molar-refractivity contribution is 6.31. The minimum absolute atomic E-state index is 0.0778. The van der Waals surface area contributed by atoms with Gasteiger partial charge >= 0.3 is 0 Å². The van der Waals surface area contributed by atoms with Gasteiger partial charge in [-0.15, -0.1) is 0 Å². The second kappa shape index (κ2) is 10.3. The van der Waals surface area contributed by atoms with Crippen LogP contribution in [0.5, 0.6) is 5.75 Å². The van der Waals surface area contributed by atoms with Crippen molar-refractivity contribution in [3.8, 4) is 5.75 Å². The number of likely N-dealkylation sites (N-methyl/N-ethyl adjacent to an activating group) is 1. The third kappa shape index (κ3) is 5.35. The Morgan fingerprint density at radius 3 is 2.67 bits per heavy atom. The fourth-order valence-electron chi connectivity index (χ4n) is 4.75. The van der Waals surface area contributed by atoms with Gasteiger partial charge in [-0.2, -0.15) is 5.10 Å². The molecule has 2 aliphatic heterocycles. The van der Waals surface area contributed by atoms with Crippen molar-refractivity contribution in [1.82, 2.24) is 20.0 Å². The lowest BCUT2D eigenvalue weighted by Crippen LogP contribution is -2.54. The van der Waals surface area contributed by atoms with Crippen molar-refractivity contribution in [2.75, 3.05) is 31.6 Å². The van der Waals surface area contributed by atoms with Crippen LogP contribution in [0, 0.1) is 0 Å². The summed E-state index contributed by atoms with van der Waals surface area (Å²) in [6.45, 7) is 3.91. The summed E-state index contributed by atoms with van der Waals surface area (Å²) in [4.78, 5) is 42.6. The van der Waals surface area contributed by atoms with Crippen molar-refractivity contribution >= 4 is 35.0 Å². The van der Waals surface area contributed by atoms with Gasteiger partial charge in [-0.05, 0) is 44.0 Å². The molecule has 204 valence electrons. The van der Waals surface area contributed by atoms with Crippen LogP contribution in [-0.4, -0.2) is 75.9 Å². The molecule has 2 aromatic carbocycles. The van der Waals surface area contributed by atoms with Crippen LogP contribution in [0.15, 0.2) is 48.5 Å². The van der Waals surface area contributed by atoms with Gasteiger partial charge in [0, 0.05) is 31.3 Å². The van der Waals surface area contributed by atoms with E-state index in [0.717, 1.165) is 5.56 Å². The number of aromatic nitrogens is 2. The van der Waals surface area contributed by atoms with E-state index in [1.165, 1.54) is 9.80 Å². The van der Waals surface area contributed by atoms with Crippen molar-refractivity contribution in [3.63, 3.8) is 0 Å². The normalized spacial score (nSPS) is 17.3. The molecule has 0 saturated carbocycles. The molecule has 3 aromatic rings. The van der Waals surface area contributed by atoms with Crippen molar-refractivity contribution in [1.29, 1.82) is 0 Å². The van der Waals surface area contributed by atoms with Gasteiger partial charge in [0.15, 0.2) is 5.69 Å². The van der Waals surface area contributed by atoms with Crippen molar-refractivity contribution in [2.45, 2.75) is 38.5 Å². The molecule has 0 aliphatic carbocycles. The number of benzene rings is 2. The maximum absolute atomic E-state index is 13.6. The highest BCUT2D eigenvalue weighted by Crippen LogP contribution is 2.34. The number of anilines is 1. The molecule has 2 N–H and O–H groups in total. The Kier molecular flexibility index (Phi) is 7.09. The summed E-state index contributed by atoms with van der Waals surface area (Å²) in [6, 6.07) is 13.6. The topological polar surface area (TPSA) is 117 Å². The molecular formula is C28H30ClN5O5. The molecule has 3 heterocycles. The number of rotatable bonds is 6. The first kappa shape index (κ1) is 26.7. The van der Waals surface area contributed by atoms with Crippen LogP contribution in [0.3, 0.4) is 0 Å². The fraction of sp³-hybridized carbons (Fsp3) is 0.357. The number of nitrogens with zero attached hydrogens (tertiary/aromatic N) is 4. The number of halogens is 1. The van der Waals surface area contributed by atoms with Crippen LogP contribution in [-0.2, 0) is 17.8 Å². The minimum atomic E-state index is -1.06. The van der Waals surface area contributed by atoms with Gasteiger partial charge in [-0.25, -0.2) is 4.68 Å². The maximum atomic E-state index is 13.6. The van der Waals surface area contributed by atoms with Crippen LogP contribution in [0.4, 0.5) is 5.69 Å². The van der Waals surface area contributed by atoms with Crippen LogP contribution in [0.1, 0.15) is 45.8 Å². The summed E-state index contributed by atoms with van der Waals surface area (Å²) < 4.78 is 7.61. The Labute approximate surface area is 231 Å². The third-order valence-electron chi connectivity index (χ3n) is 6.88. The number of fused-ring (bicyclic) bond motifs is 2. The first-order valence-corrected chi connectivity index (χ1v) is 13.1. The van der Waals surface area contributed by atoms with E-state index in [2.05, 4.69) is 10.4 Å². The summed E-state index contributed by atoms with van der Waals surface area (Å²) >= 11 is 6.60. The molecule has 1 atom stereocenters. The number of hydrogen-bond acceptors (Lipinski definition) is 6. The molecule has 0 spiro atoms. The Morgan fingerprint density at radius 2 is 1.95 bits per heavy atom. The fourth-order valence-corrected chi connectivity index (χ4v) is 5.03. The molecule has 0 saturated heterocycles. The number of hydrogen-bond donors (Lipinski definition) is 2. The molecule has 39 heavy (non-hydrogen) atoms. The lowest BCUT2D eigenvalue weighted by atomic mass is 10.0. The predicted molar refractivity (Wildman–Crippen MR) is 145 cm³/mol. The Bertz CT molecular complexity index is 1430. The molecule has 0 bridgehead atoms. The van der Waals surface area contributed by atoms with Crippen molar-refractivity contribution < 1.29 is 24.2 Å². The van der Waals surface area contributed by atoms with Crippen LogP contribution in [0.25, 0.3) is 0 Å². The van der Waals surface area contributed by atoms with Gasteiger partial charge < -0.3 is 25.0 Å². The number of nitrogens with one attached hydrogen (secondary N) is 1. The van der Waals surface area contributed by atoms with E-state index in [1.807, 2.05) is 30.3 Å². The summed E-state index contributed by atoms with van der Waals surface area (Å²) in [5, 5.41) is 17.5. The molecule has 0 radical (unpaired) electrons. The van der Waals surface area contributed by atoms with Crippen molar-refractivity contribution in [3.05, 3.63) is 76.1 Å². The molecule has 0 fully saturated rings. The third-order valence-corrected chi connectivity index (χ3v) is 7.30. The van der Waals surface area contributed by atoms with E-state index in [-0.39, 0.29) is 43.1 Å². The van der Waals surface area contributed by atoms with E-state index in [1.54, 1.807) is 43.8 Å². The number of aliphatic hydroxyl groups is 1. The number of carbonyl (C=O) groups excluding carboxylic acids is 3. The lowest BCUT2D eigenvalue weighted by Gasteiger charge is -2.33. The van der Waals surface area contributed by atoms with E-state index >= 15 is 0 Å². The predicted octanol–water partition coefficient (Wildman–Crippen LogP) is 2.51. The second-order valence-corrected chi connectivity index (χ2v) is 10.8. The Morgan fingerprint density at radius 1 is 1.21 bits per heavy atom. The van der Waals surface area contributed by atoms with Gasteiger partial charge in [-0.1, -0.05) is 41.9 Å². The molecule has 0 unspecified atom stereocenters. The Hall–Kier alpha value is -3.89. The molecular weight excluding hydrogens is 522 g/mol. The molecule has 11 heteroatoms. The molecule has 5 rings (SSSR count). The van der Waals surface area contributed by atoms with E-state index in [4.69, 9.17) is 16.3 Å². The van der Waals surface area contributed by atoms with Crippen LogP contribution in [0.2, 0.25) is 5.15 Å². The zero-order valence-corrected chi connectivity index (χ0v) is 22.7. The first-order valence-electron chi connectivity index (χ1n) is 12.7. The summed E-state index contributed by atoms with van der Waals surface area (Å²) in [7, 11) is 1.61. The highest BCUT2D eigenvalue weighted by Gasteiger charge is 2.41. The average molecular weight is 552 g/mol. The zero-order valence-electron chi connectivity index (χ0n) is 22.0. The molecule has 2 aliphatic rings.